The number of hydrogen-bond donors (Lipinski definition) is 1. The van der Waals surface area contributed by atoms with Gasteiger partial charge >= 0.3 is 6.03 Å². The van der Waals surface area contributed by atoms with E-state index in [1.54, 1.807) is 12.1 Å². The van der Waals surface area contributed by atoms with Crippen LogP contribution in [0.15, 0.2) is 24.3 Å². The molecule has 0 aromatic heterocycles. The Balaban J connectivity index is 1.39. The average molecular weight is 366 g/mol. The number of benzene rings is 1. The molecule has 1 atom stereocenters. The molecular weight excluding hydrogens is 340 g/mol. The zero-order valence-electron chi connectivity index (χ0n) is 15.6. The Kier molecular flexibility index (Phi) is 4.77. The number of hydrogen-bond acceptors (Lipinski definition) is 3. The lowest BCUT2D eigenvalue weighted by atomic mass is 9.86. The van der Waals surface area contributed by atoms with Crippen molar-refractivity contribution in [3.05, 3.63) is 29.8 Å². The van der Waals surface area contributed by atoms with E-state index >= 15 is 0 Å². The molecule has 1 spiro atoms. The van der Waals surface area contributed by atoms with Crippen molar-refractivity contribution in [1.29, 1.82) is 5.26 Å². The lowest BCUT2D eigenvalue weighted by Crippen LogP contribution is -2.45. The fourth-order valence-electron chi connectivity index (χ4n) is 4.74. The molecule has 2 aliphatic heterocycles. The molecule has 3 aliphatic rings. The molecule has 1 N–H and O–H groups in total. The lowest BCUT2D eigenvalue weighted by molar-refractivity contribution is -0.117. The number of likely N-dealkylation sites (tertiary alicyclic amines) is 1. The number of rotatable bonds is 2. The second-order valence-electron chi connectivity index (χ2n) is 8.27. The number of amides is 3. The van der Waals surface area contributed by atoms with Gasteiger partial charge in [-0.2, -0.15) is 5.26 Å². The first kappa shape index (κ1) is 17.8. The van der Waals surface area contributed by atoms with E-state index in [0.717, 1.165) is 24.9 Å². The van der Waals surface area contributed by atoms with Crippen LogP contribution < -0.4 is 10.2 Å². The van der Waals surface area contributed by atoms with Crippen molar-refractivity contribution in [2.24, 2.45) is 5.41 Å². The van der Waals surface area contributed by atoms with E-state index in [0.29, 0.717) is 37.7 Å². The molecule has 3 amide bonds. The summed E-state index contributed by atoms with van der Waals surface area (Å²) in [5.41, 5.74) is 1.28. The number of nitrogens with zero attached hydrogens (tertiary/aromatic N) is 3. The smallest absolute Gasteiger partial charge is 0.317 e. The van der Waals surface area contributed by atoms with Gasteiger partial charge in [-0.1, -0.05) is 19.3 Å². The van der Waals surface area contributed by atoms with Crippen molar-refractivity contribution < 1.29 is 9.59 Å². The molecule has 1 aromatic carbocycles. The summed E-state index contributed by atoms with van der Waals surface area (Å²) in [6.45, 7) is 2.00. The Morgan fingerprint density at radius 1 is 1.15 bits per heavy atom. The van der Waals surface area contributed by atoms with Crippen LogP contribution in [0.5, 0.6) is 0 Å². The first-order valence-electron chi connectivity index (χ1n) is 9.95. The molecule has 142 valence electrons. The van der Waals surface area contributed by atoms with Crippen LogP contribution in [0.3, 0.4) is 0 Å². The molecule has 6 heteroatoms. The minimum absolute atomic E-state index is 0.0306. The minimum Gasteiger partial charge on any atom is -0.335 e. The van der Waals surface area contributed by atoms with Crippen LogP contribution in [0.25, 0.3) is 0 Å². The number of urea groups is 1. The molecular formula is C21H26N4O2. The van der Waals surface area contributed by atoms with Crippen LogP contribution >= 0.6 is 0 Å². The lowest BCUT2D eigenvalue weighted by Gasteiger charge is -2.27. The van der Waals surface area contributed by atoms with Gasteiger partial charge in [-0.3, -0.25) is 4.79 Å². The molecule has 6 nitrogen and oxygen atoms in total. The van der Waals surface area contributed by atoms with Crippen molar-refractivity contribution in [2.45, 2.75) is 51.0 Å². The van der Waals surface area contributed by atoms with Crippen molar-refractivity contribution in [1.82, 2.24) is 10.2 Å². The number of carbonyl (C=O) groups is 2. The van der Waals surface area contributed by atoms with Gasteiger partial charge in [0.25, 0.3) is 0 Å². The Bertz CT molecular complexity index is 763. The number of anilines is 1. The van der Waals surface area contributed by atoms with E-state index in [4.69, 9.17) is 5.26 Å². The Morgan fingerprint density at radius 3 is 2.59 bits per heavy atom. The minimum atomic E-state index is -0.144. The Hall–Kier alpha value is -2.55. The standard InChI is InChI=1S/C21H26N4O2/c22-13-16-6-8-18(9-7-16)25-15-21(12-19(25)26)10-11-24(14-21)20(27)23-17-4-2-1-3-5-17/h6-9,17H,1-5,10-12,14-15H2,(H,23,27)/t21-/m0/s1. The van der Waals surface area contributed by atoms with Gasteiger partial charge in [0, 0.05) is 43.2 Å². The quantitative estimate of drug-likeness (QED) is 0.874. The van der Waals surface area contributed by atoms with Gasteiger partial charge < -0.3 is 15.1 Å². The maximum atomic E-state index is 12.6. The number of carbonyl (C=O) groups excluding carboxylic acids is 2. The highest BCUT2D eigenvalue weighted by molar-refractivity contribution is 5.96. The van der Waals surface area contributed by atoms with Gasteiger partial charge in [0.05, 0.1) is 11.6 Å². The van der Waals surface area contributed by atoms with Gasteiger partial charge in [-0.05, 0) is 43.5 Å². The summed E-state index contributed by atoms with van der Waals surface area (Å²) in [7, 11) is 0. The highest BCUT2D eigenvalue weighted by atomic mass is 16.2. The molecule has 3 fully saturated rings. The summed E-state index contributed by atoms with van der Waals surface area (Å²) in [5, 5.41) is 12.1. The molecule has 1 saturated carbocycles. The molecule has 1 aliphatic carbocycles. The number of nitriles is 1. The molecule has 4 rings (SSSR count). The van der Waals surface area contributed by atoms with Gasteiger partial charge in [0.15, 0.2) is 0 Å². The van der Waals surface area contributed by atoms with Crippen molar-refractivity contribution >= 4 is 17.6 Å². The zero-order valence-corrected chi connectivity index (χ0v) is 15.6. The van der Waals surface area contributed by atoms with Crippen LogP contribution in [-0.4, -0.2) is 42.5 Å². The van der Waals surface area contributed by atoms with Crippen LogP contribution in [0.4, 0.5) is 10.5 Å². The first-order chi connectivity index (χ1) is 13.1. The van der Waals surface area contributed by atoms with Gasteiger partial charge in [0.1, 0.15) is 0 Å². The van der Waals surface area contributed by atoms with Crippen LogP contribution in [0.1, 0.15) is 50.5 Å². The summed E-state index contributed by atoms with van der Waals surface area (Å²) < 4.78 is 0. The third-order valence-corrected chi connectivity index (χ3v) is 6.29. The second kappa shape index (κ2) is 7.22. The molecule has 2 saturated heterocycles. The van der Waals surface area contributed by atoms with E-state index in [1.165, 1.54) is 19.3 Å². The maximum Gasteiger partial charge on any atom is 0.317 e. The summed E-state index contributed by atoms with van der Waals surface area (Å²) in [6.07, 6.45) is 7.17. The summed E-state index contributed by atoms with van der Waals surface area (Å²) in [4.78, 5) is 29.0. The topological polar surface area (TPSA) is 76.4 Å². The monoisotopic (exact) mass is 366 g/mol. The average Bonchev–Trinajstić information content (AvgIpc) is 3.25. The predicted octanol–water partition coefficient (Wildman–Crippen LogP) is 3.03. The largest absolute Gasteiger partial charge is 0.335 e. The molecule has 1 aromatic rings. The Morgan fingerprint density at radius 2 is 1.89 bits per heavy atom. The highest BCUT2D eigenvalue weighted by Crippen LogP contribution is 2.41. The fraction of sp³-hybridized carbons (Fsp3) is 0.571. The molecule has 27 heavy (non-hydrogen) atoms. The van der Waals surface area contributed by atoms with Crippen LogP contribution in [0, 0.1) is 16.7 Å². The van der Waals surface area contributed by atoms with E-state index in [9.17, 15) is 9.59 Å². The van der Waals surface area contributed by atoms with E-state index in [2.05, 4.69) is 11.4 Å². The van der Waals surface area contributed by atoms with Crippen LogP contribution in [0.2, 0.25) is 0 Å². The molecule has 0 bridgehead atoms. The zero-order chi connectivity index (χ0) is 18.9. The molecule has 0 unspecified atom stereocenters. The number of nitrogens with one attached hydrogen (secondary N) is 1. The molecule has 0 radical (unpaired) electrons. The third-order valence-electron chi connectivity index (χ3n) is 6.29. The van der Waals surface area contributed by atoms with Crippen molar-refractivity contribution in [2.75, 3.05) is 24.5 Å². The predicted molar refractivity (Wildman–Crippen MR) is 102 cm³/mol. The normalized spacial score (nSPS) is 25.8. The SMILES string of the molecule is N#Cc1ccc(N2C[C@@]3(CCN(C(=O)NC4CCCCC4)C3)CC2=O)cc1. The fourth-order valence-corrected chi connectivity index (χ4v) is 4.74. The Labute approximate surface area is 160 Å². The van der Waals surface area contributed by atoms with Crippen molar-refractivity contribution in [3.8, 4) is 6.07 Å². The van der Waals surface area contributed by atoms with E-state index in [-0.39, 0.29) is 17.4 Å². The first-order valence-corrected chi connectivity index (χ1v) is 9.95. The van der Waals surface area contributed by atoms with Gasteiger partial charge in [0.2, 0.25) is 5.91 Å². The maximum absolute atomic E-state index is 12.6. The highest BCUT2D eigenvalue weighted by Gasteiger charge is 2.48. The second-order valence-corrected chi connectivity index (χ2v) is 8.27. The van der Waals surface area contributed by atoms with Gasteiger partial charge in [-0.15, -0.1) is 0 Å². The summed E-state index contributed by atoms with van der Waals surface area (Å²) in [5.74, 6) is 0.106. The summed E-state index contributed by atoms with van der Waals surface area (Å²) >= 11 is 0. The van der Waals surface area contributed by atoms with Crippen molar-refractivity contribution in [3.63, 3.8) is 0 Å². The summed E-state index contributed by atoms with van der Waals surface area (Å²) in [6, 6.07) is 9.59. The van der Waals surface area contributed by atoms with Crippen LogP contribution in [-0.2, 0) is 4.79 Å². The molecule has 2 heterocycles. The van der Waals surface area contributed by atoms with E-state index in [1.807, 2.05) is 21.9 Å². The van der Waals surface area contributed by atoms with Gasteiger partial charge in [-0.25, -0.2) is 4.79 Å². The van der Waals surface area contributed by atoms with E-state index < -0.39 is 0 Å². The third kappa shape index (κ3) is 3.64.